The summed E-state index contributed by atoms with van der Waals surface area (Å²) in [7, 11) is 0. The summed E-state index contributed by atoms with van der Waals surface area (Å²) in [6.07, 6.45) is 4.55. The normalized spacial score (nSPS) is 14.5. The molecule has 2 heterocycles. The number of carbonyl (C=O) groups excluding carboxylic acids is 1. The standard InChI is InChI=1S/C18H23N5O2/c19-17(24)16-3-1-2-14(10-16)4-5-20-11-15-12-21-18(22-13-15)23-6-8-25-9-7-23/h1-3,10,12-13,20H,4-9,11H2,(H2,19,24). The summed E-state index contributed by atoms with van der Waals surface area (Å²) >= 11 is 0. The number of nitrogens with zero attached hydrogens (tertiary/aromatic N) is 3. The Bertz CT molecular complexity index is 699. The fourth-order valence-corrected chi connectivity index (χ4v) is 2.71. The molecule has 1 aromatic heterocycles. The van der Waals surface area contributed by atoms with Gasteiger partial charge in [0.25, 0.3) is 0 Å². The predicted molar refractivity (Wildman–Crippen MR) is 95.4 cm³/mol. The van der Waals surface area contributed by atoms with Crippen molar-refractivity contribution >= 4 is 11.9 Å². The van der Waals surface area contributed by atoms with Crippen molar-refractivity contribution in [3.63, 3.8) is 0 Å². The predicted octanol–water partition coefficient (Wildman–Crippen LogP) is 0.744. The Labute approximate surface area is 147 Å². The lowest BCUT2D eigenvalue weighted by Crippen LogP contribution is -2.37. The molecule has 1 saturated heterocycles. The van der Waals surface area contributed by atoms with Crippen molar-refractivity contribution < 1.29 is 9.53 Å². The van der Waals surface area contributed by atoms with E-state index in [1.54, 1.807) is 6.07 Å². The summed E-state index contributed by atoms with van der Waals surface area (Å²) in [6, 6.07) is 7.42. The summed E-state index contributed by atoms with van der Waals surface area (Å²) < 4.78 is 5.33. The number of aromatic nitrogens is 2. The summed E-state index contributed by atoms with van der Waals surface area (Å²) in [5, 5.41) is 3.37. The molecule has 3 N–H and O–H groups in total. The highest BCUT2D eigenvalue weighted by Gasteiger charge is 2.13. The van der Waals surface area contributed by atoms with Gasteiger partial charge in [0.15, 0.2) is 0 Å². The maximum Gasteiger partial charge on any atom is 0.248 e. The molecule has 1 aliphatic heterocycles. The number of carbonyl (C=O) groups is 1. The lowest BCUT2D eigenvalue weighted by Gasteiger charge is -2.26. The number of primary amides is 1. The molecule has 1 aromatic carbocycles. The number of hydrogen-bond donors (Lipinski definition) is 2. The molecule has 3 rings (SSSR count). The number of nitrogens with one attached hydrogen (secondary N) is 1. The molecule has 7 nitrogen and oxygen atoms in total. The van der Waals surface area contributed by atoms with E-state index in [4.69, 9.17) is 10.5 Å². The third-order valence-electron chi connectivity index (χ3n) is 4.12. The van der Waals surface area contributed by atoms with Gasteiger partial charge in [-0.05, 0) is 30.7 Å². The van der Waals surface area contributed by atoms with E-state index in [9.17, 15) is 4.79 Å². The number of rotatable bonds is 7. The molecular formula is C18H23N5O2. The van der Waals surface area contributed by atoms with Crippen LogP contribution >= 0.6 is 0 Å². The molecule has 132 valence electrons. The molecule has 0 atom stereocenters. The number of anilines is 1. The molecule has 25 heavy (non-hydrogen) atoms. The summed E-state index contributed by atoms with van der Waals surface area (Å²) in [5.41, 5.74) is 7.98. The molecule has 7 heteroatoms. The first kappa shape index (κ1) is 17.3. The Morgan fingerprint density at radius 3 is 2.68 bits per heavy atom. The Morgan fingerprint density at radius 2 is 1.96 bits per heavy atom. The lowest BCUT2D eigenvalue weighted by atomic mass is 10.1. The van der Waals surface area contributed by atoms with E-state index in [-0.39, 0.29) is 0 Å². The van der Waals surface area contributed by atoms with Gasteiger partial charge in [-0.25, -0.2) is 9.97 Å². The number of benzene rings is 1. The smallest absolute Gasteiger partial charge is 0.248 e. The topological polar surface area (TPSA) is 93.4 Å². The molecule has 1 amide bonds. The van der Waals surface area contributed by atoms with Crippen molar-refractivity contribution in [3.05, 3.63) is 53.3 Å². The largest absolute Gasteiger partial charge is 0.378 e. The van der Waals surface area contributed by atoms with Gasteiger partial charge >= 0.3 is 0 Å². The molecule has 0 aliphatic carbocycles. The summed E-state index contributed by atoms with van der Waals surface area (Å²) in [5.74, 6) is 0.364. The highest BCUT2D eigenvalue weighted by molar-refractivity contribution is 5.92. The van der Waals surface area contributed by atoms with Gasteiger partial charge in [-0.15, -0.1) is 0 Å². The van der Waals surface area contributed by atoms with E-state index in [2.05, 4.69) is 20.2 Å². The average molecular weight is 341 g/mol. The minimum atomic E-state index is -0.396. The van der Waals surface area contributed by atoms with Crippen LogP contribution in [0.4, 0.5) is 5.95 Å². The zero-order valence-corrected chi connectivity index (χ0v) is 14.1. The van der Waals surface area contributed by atoms with E-state index in [0.717, 1.165) is 56.3 Å². The van der Waals surface area contributed by atoms with Crippen molar-refractivity contribution in [2.24, 2.45) is 5.73 Å². The molecule has 0 saturated carbocycles. The highest BCUT2D eigenvalue weighted by atomic mass is 16.5. The maximum absolute atomic E-state index is 11.2. The van der Waals surface area contributed by atoms with Crippen molar-refractivity contribution in [2.45, 2.75) is 13.0 Å². The average Bonchev–Trinajstić information content (AvgIpc) is 2.67. The van der Waals surface area contributed by atoms with Gasteiger partial charge in [-0.1, -0.05) is 12.1 Å². The van der Waals surface area contributed by atoms with Crippen LogP contribution in [-0.2, 0) is 17.7 Å². The SMILES string of the molecule is NC(=O)c1cccc(CCNCc2cnc(N3CCOCC3)nc2)c1. The van der Waals surface area contributed by atoms with Gasteiger partial charge in [-0.2, -0.15) is 0 Å². The number of hydrogen-bond acceptors (Lipinski definition) is 6. The lowest BCUT2D eigenvalue weighted by molar-refractivity contribution is 0.1000. The minimum absolute atomic E-state index is 0.396. The maximum atomic E-state index is 11.2. The Kier molecular flexibility index (Phi) is 5.92. The van der Waals surface area contributed by atoms with Gasteiger partial charge in [0.05, 0.1) is 13.2 Å². The van der Waals surface area contributed by atoms with Crippen LogP contribution in [0.2, 0.25) is 0 Å². The van der Waals surface area contributed by atoms with E-state index in [1.807, 2.05) is 30.6 Å². The third-order valence-corrected chi connectivity index (χ3v) is 4.12. The molecule has 1 aliphatic rings. The third kappa shape index (κ3) is 4.98. The van der Waals surface area contributed by atoms with Crippen LogP contribution < -0.4 is 16.0 Å². The molecule has 0 radical (unpaired) electrons. The van der Waals surface area contributed by atoms with E-state index < -0.39 is 5.91 Å². The van der Waals surface area contributed by atoms with Crippen LogP contribution in [0.1, 0.15) is 21.5 Å². The van der Waals surface area contributed by atoms with Crippen LogP contribution in [-0.4, -0.2) is 48.7 Å². The number of nitrogens with two attached hydrogens (primary N) is 1. The molecule has 2 aromatic rings. The molecular weight excluding hydrogens is 318 g/mol. The van der Waals surface area contributed by atoms with Crippen molar-refractivity contribution in [3.8, 4) is 0 Å². The van der Waals surface area contributed by atoms with Crippen molar-refractivity contribution in [2.75, 3.05) is 37.7 Å². The monoisotopic (exact) mass is 341 g/mol. The van der Waals surface area contributed by atoms with Crippen LogP contribution in [0.25, 0.3) is 0 Å². The Hall–Kier alpha value is -2.51. The first-order valence-electron chi connectivity index (χ1n) is 8.45. The zero-order chi connectivity index (χ0) is 17.5. The summed E-state index contributed by atoms with van der Waals surface area (Å²) in [6.45, 7) is 4.63. The molecule has 1 fully saturated rings. The fraction of sp³-hybridized carbons (Fsp3) is 0.389. The van der Waals surface area contributed by atoms with Gasteiger partial charge in [0, 0.05) is 43.2 Å². The van der Waals surface area contributed by atoms with E-state index >= 15 is 0 Å². The second kappa shape index (κ2) is 8.55. The number of morpholine rings is 1. The fourth-order valence-electron chi connectivity index (χ4n) is 2.71. The first-order chi connectivity index (χ1) is 12.2. The molecule has 0 unspecified atom stereocenters. The minimum Gasteiger partial charge on any atom is -0.378 e. The van der Waals surface area contributed by atoms with Gasteiger partial charge in [0.1, 0.15) is 0 Å². The van der Waals surface area contributed by atoms with Crippen LogP contribution in [0.3, 0.4) is 0 Å². The first-order valence-corrected chi connectivity index (χ1v) is 8.45. The summed E-state index contributed by atoms with van der Waals surface area (Å²) in [4.78, 5) is 22.2. The van der Waals surface area contributed by atoms with Crippen molar-refractivity contribution in [1.29, 1.82) is 0 Å². The second-order valence-electron chi connectivity index (χ2n) is 5.98. The number of amides is 1. The Morgan fingerprint density at radius 1 is 1.20 bits per heavy atom. The zero-order valence-electron chi connectivity index (χ0n) is 14.1. The van der Waals surface area contributed by atoms with Crippen molar-refractivity contribution in [1.82, 2.24) is 15.3 Å². The van der Waals surface area contributed by atoms with Crippen LogP contribution in [0, 0.1) is 0 Å². The van der Waals surface area contributed by atoms with Gasteiger partial charge in [-0.3, -0.25) is 4.79 Å². The van der Waals surface area contributed by atoms with E-state index in [0.29, 0.717) is 12.1 Å². The van der Waals surface area contributed by atoms with Gasteiger partial charge in [0.2, 0.25) is 11.9 Å². The van der Waals surface area contributed by atoms with Crippen LogP contribution in [0.5, 0.6) is 0 Å². The Balaban J connectivity index is 1.44. The molecule has 0 spiro atoms. The van der Waals surface area contributed by atoms with E-state index in [1.165, 1.54) is 0 Å². The van der Waals surface area contributed by atoms with Gasteiger partial charge < -0.3 is 20.7 Å². The molecule has 0 bridgehead atoms. The highest BCUT2D eigenvalue weighted by Crippen LogP contribution is 2.09. The second-order valence-corrected chi connectivity index (χ2v) is 5.98. The van der Waals surface area contributed by atoms with Crippen LogP contribution in [0.15, 0.2) is 36.7 Å². The quantitative estimate of drug-likeness (QED) is 0.722. The number of ether oxygens (including phenoxy) is 1.